The van der Waals surface area contributed by atoms with E-state index in [-0.39, 0.29) is 6.03 Å². The number of nitrogens with zero attached hydrogens (tertiary/aromatic N) is 3. The van der Waals surface area contributed by atoms with Gasteiger partial charge < -0.3 is 14.6 Å². The Morgan fingerprint density at radius 3 is 2.72 bits per heavy atom. The molecule has 2 aliphatic heterocycles. The topological polar surface area (TPSA) is 61.6 Å². The fourth-order valence-corrected chi connectivity index (χ4v) is 3.53. The number of amides is 2. The van der Waals surface area contributed by atoms with Crippen LogP contribution in [0.2, 0.25) is 0 Å². The van der Waals surface area contributed by atoms with Gasteiger partial charge in [-0.05, 0) is 31.0 Å². The van der Waals surface area contributed by atoms with Crippen molar-refractivity contribution >= 4 is 11.7 Å². The SMILES string of the molecule is O=C(Nc1cccc(-c2ncco2)c1)N1CCC(N2CC=CC2)CC1. The van der Waals surface area contributed by atoms with Crippen LogP contribution in [-0.4, -0.2) is 53.0 Å². The second kappa shape index (κ2) is 7.11. The summed E-state index contributed by atoms with van der Waals surface area (Å²) in [6.45, 7) is 3.69. The fraction of sp³-hybridized carbons (Fsp3) is 0.368. The average molecular weight is 338 g/mol. The molecule has 4 rings (SSSR count). The Hall–Kier alpha value is -2.60. The number of oxazole rings is 1. The van der Waals surface area contributed by atoms with Crippen molar-refractivity contribution in [2.75, 3.05) is 31.5 Å². The van der Waals surface area contributed by atoms with Crippen molar-refractivity contribution < 1.29 is 9.21 Å². The number of aromatic nitrogens is 1. The average Bonchev–Trinajstić information content (AvgIpc) is 3.36. The van der Waals surface area contributed by atoms with Crippen LogP contribution < -0.4 is 5.32 Å². The Balaban J connectivity index is 1.34. The lowest BCUT2D eigenvalue weighted by atomic mass is 10.0. The van der Waals surface area contributed by atoms with Crippen LogP contribution in [0, 0.1) is 0 Å². The van der Waals surface area contributed by atoms with E-state index in [9.17, 15) is 4.79 Å². The van der Waals surface area contributed by atoms with Gasteiger partial charge in [0.15, 0.2) is 0 Å². The van der Waals surface area contributed by atoms with Gasteiger partial charge >= 0.3 is 6.03 Å². The van der Waals surface area contributed by atoms with Gasteiger partial charge in [0.05, 0.1) is 6.20 Å². The lowest BCUT2D eigenvalue weighted by Gasteiger charge is -2.36. The van der Waals surface area contributed by atoms with Crippen LogP contribution in [0.5, 0.6) is 0 Å². The number of carbonyl (C=O) groups is 1. The van der Waals surface area contributed by atoms with Gasteiger partial charge in [-0.1, -0.05) is 18.2 Å². The lowest BCUT2D eigenvalue weighted by molar-refractivity contribution is 0.144. The summed E-state index contributed by atoms with van der Waals surface area (Å²) in [5.74, 6) is 0.552. The Labute approximate surface area is 147 Å². The summed E-state index contributed by atoms with van der Waals surface area (Å²) < 4.78 is 5.31. The predicted octanol–water partition coefficient (Wildman–Crippen LogP) is 3.21. The molecule has 1 aromatic heterocycles. The van der Waals surface area contributed by atoms with Crippen molar-refractivity contribution in [1.29, 1.82) is 0 Å². The molecule has 2 amide bonds. The molecule has 1 N–H and O–H groups in total. The van der Waals surface area contributed by atoms with E-state index < -0.39 is 0 Å². The van der Waals surface area contributed by atoms with Gasteiger partial charge in [0.1, 0.15) is 6.26 Å². The Kier molecular flexibility index (Phi) is 4.52. The van der Waals surface area contributed by atoms with Crippen molar-refractivity contribution in [2.24, 2.45) is 0 Å². The Bertz CT molecular complexity index is 741. The summed E-state index contributed by atoms with van der Waals surface area (Å²) in [6.07, 6.45) is 9.66. The van der Waals surface area contributed by atoms with Crippen molar-refractivity contribution in [3.05, 3.63) is 48.9 Å². The molecule has 1 fully saturated rings. The first-order valence-electron chi connectivity index (χ1n) is 8.74. The summed E-state index contributed by atoms with van der Waals surface area (Å²) in [7, 11) is 0. The third-order valence-electron chi connectivity index (χ3n) is 4.91. The van der Waals surface area contributed by atoms with E-state index in [2.05, 4.69) is 27.4 Å². The first kappa shape index (κ1) is 15.9. The molecule has 0 bridgehead atoms. The van der Waals surface area contributed by atoms with Crippen molar-refractivity contribution in [2.45, 2.75) is 18.9 Å². The molecule has 0 saturated carbocycles. The molecule has 6 heteroatoms. The summed E-state index contributed by atoms with van der Waals surface area (Å²) >= 11 is 0. The number of hydrogen-bond donors (Lipinski definition) is 1. The largest absolute Gasteiger partial charge is 0.445 e. The van der Waals surface area contributed by atoms with Gasteiger partial charge in [-0.2, -0.15) is 0 Å². The van der Waals surface area contributed by atoms with Crippen LogP contribution in [0.25, 0.3) is 11.5 Å². The molecule has 1 saturated heterocycles. The minimum absolute atomic E-state index is 0.0393. The molecule has 0 atom stereocenters. The van der Waals surface area contributed by atoms with Gasteiger partial charge in [-0.25, -0.2) is 9.78 Å². The maximum atomic E-state index is 12.5. The van der Waals surface area contributed by atoms with E-state index in [1.807, 2.05) is 29.2 Å². The Morgan fingerprint density at radius 2 is 2.00 bits per heavy atom. The number of hydrogen-bond acceptors (Lipinski definition) is 4. The summed E-state index contributed by atoms with van der Waals surface area (Å²) in [6, 6.07) is 8.12. The third kappa shape index (κ3) is 3.58. The van der Waals surface area contributed by atoms with Crippen LogP contribution in [-0.2, 0) is 0 Å². The summed E-state index contributed by atoms with van der Waals surface area (Å²) in [5.41, 5.74) is 1.61. The van der Waals surface area contributed by atoms with E-state index in [1.165, 1.54) is 0 Å². The smallest absolute Gasteiger partial charge is 0.321 e. The molecule has 2 aromatic rings. The number of carbonyl (C=O) groups excluding carboxylic acids is 1. The van der Waals surface area contributed by atoms with Gasteiger partial charge in [-0.3, -0.25) is 4.90 Å². The summed E-state index contributed by atoms with van der Waals surface area (Å²) in [5, 5.41) is 2.99. The summed E-state index contributed by atoms with van der Waals surface area (Å²) in [4.78, 5) is 21.1. The molecule has 1 aromatic carbocycles. The molecule has 0 radical (unpaired) electrons. The van der Waals surface area contributed by atoms with Crippen LogP contribution in [0.1, 0.15) is 12.8 Å². The number of rotatable bonds is 3. The molecular formula is C19H22N4O2. The molecule has 0 unspecified atom stereocenters. The van der Waals surface area contributed by atoms with Crippen LogP contribution in [0.15, 0.2) is 53.3 Å². The zero-order valence-electron chi connectivity index (χ0n) is 14.1. The van der Waals surface area contributed by atoms with E-state index in [1.54, 1.807) is 12.5 Å². The molecule has 0 spiro atoms. The lowest BCUT2D eigenvalue weighted by Crippen LogP contribution is -2.47. The van der Waals surface area contributed by atoms with E-state index in [0.29, 0.717) is 11.9 Å². The first-order chi connectivity index (χ1) is 12.3. The molecule has 25 heavy (non-hydrogen) atoms. The van der Waals surface area contributed by atoms with Gasteiger partial charge in [0.25, 0.3) is 0 Å². The predicted molar refractivity (Wildman–Crippen MR) is 96.3 cm³/mol. The minimum atomic E-state index is -0.0393. The van der Waals surface area contributed by atoms with Crippen molar-refractivity contribution in [1.82, 2.24) is 14.8 Å². The number of anilines is 1. The zero-order valence-corrected chi connectivity index (χ0v) is 14.1. The molecule has 0 aliphatic carbocycles. The Morgan fingerprint density at radius 1 is 1.20 bits per heavy atom. The monoisotopic (exact) mass is 338 g/mol. The second-order valence-corrected chi connectivity index (χ2v) is 6.49. The molecule has 6 nitrogen and oxygen atoms in total. The maximum Gasteiger partial charge on any atom is 0.321 e. The van der Waals surface area contributed by atoms with E-state index >= 15 is 0 Å². The maximum absolute atomic E-state index is 12.5. The highest BCUT2D eigenvalue weighted by atomic mass is 16.3. The fourth-order valence-electron chi connectivity index (χ4n) is 3.53. The van der Waals surface area contributed by atoms with Gasteiger partial charge in [-0.15, -0.1) is 0 Å². The highest BCUT2D eigenvalue weighted by Crippen LogP contribution is 2.22. The number of piperidine rings is 1. The number of urea groups is 1. The first-order valence-corrected chi connectivity index (χ1v) is 8.74. The van der Waals surface area contributed by atoms with Crippen molar-refractivity contribution in [3.8, 4) is 11.5 Å². The van der Waals surface area contributed by atoms with Crippen LogP contribution in [0.4, 0.5) is 10.5 Å². The number of nitrogens with one attached hydrogen (secondary N) is 1. The normalized spacial score (nSPS) is 18.6. The van der Waals surface area contributed by atoms with Crippen LogP contribution >= 0.6 is 0 Å². The molecule has 2 aliphatic rings. The highest BCUT2D eigenvalue weighted by Gasteiger charge is 2.27. The minimum Gasteiger partial charge on any atom is -0.445 e. The quantitative estimate of drug-likeness (QED) is 0.873. The van der Waals surface area contributed by atoms with Gasteiger partial charge in [0, 0.05) is 43.5 Å². The van der Waals surface area contributed by atoms with E-state index in [0.717, 1.165) is 50.3 Å². The molecular weight excluding hydrogens is 316 g/mol. The van der Waals surface area contributed by atoms with Crippen molar-refractivity contribution in [3.63, 3.8) is 0 Å². The highest BCUT2D eigenvalue weighted by molar-refractivity contribution is 5.90. The molecule has 130 valence electrons. The standard InChI is InChI=1S/C19H22N4O2/c24-19(23-11-6-17(7-12-23)22-9-1-2-10-22)21-16-5-3-4-15(14-16)18-20-8-13-25-18/h1-5,8,13-14,17H,6-7,9-12H2,(H,21,24). The second-order valence-electron chi connectivity index (χ2n) is 6.49. The van der Waals surface area contributed by atoms with E-state index in [4.69, 9.17) is 4.42 Å². The third-order valence-corrected chi connectivity index (χ3v) is 4.91. The molecule has 3 heterocycles. The van der Waals surface area contributed by atoms with Crippen LogP contribution in [0.3, 0.4) is 0 Å². The number of benzene rings is 1. The number of likely N-dealkylation sites (tertiary alicyclic amines) is 1. The zero-order chi connectivity index (χ0) is 17.1. The van der Waals surface area contributed by atoms with Gasteiger partial charge in [0.2, 0.25) is 5.89 Å².